The molecule has 0 aliphatic rings. The summed E-state index contributed by atoms with van der Waals surface area (Å²) in [6, 6.07) is 9.67. The summed E-state index contributed by atoms with van der Waals surface area (Å²) < 4.78 is 31.3. The van der Waals surface area contributed by atoms with Gasteiger partial charge in [0.15, 0.2) is 0 Å². The predicted molar refractivity (Wildman–Crippen MR) is 76.4 cm³/mol. The van der Waals surface area contributed by atoms with E-state index < -0.39 is 10.1 Å². The molecule has 0 aliphatic carbocycles. The van der Waals surface area contributed by atoms with Crippen LogP contribution in [-0.4, -0.2) is 13.0 Å². The lowest BCUT2D eigenvalue weighted by Crippen LogP contribution is -2.00. The van der Waals surface area contributed by atoms with Crippen molar-refractivity contribution in [2.45, 2.75) is 11.8 Å². The molecular weight excluding hydrogens is 307 g/mol. The molecule has 3 nitrogen and oxygen atoms in total. The zero-order valence-corrected chi connectivity index (χ0v) is 12.2. The lowest BCUT2D eigenvalue weighted by atomic mass is 10.0. The lowest BCUT2D eigenvalue weighted by Gasteiger charge is -2.08. The fourth-order valence-corrected chi connectivity index (χ4v) is 3.05. The van der Waals surface area contributed by atoms with Gasteiger partial charge in [-0.1, -0.05) is 35.3 Å². The van der Waals surface area contributed by atoms with Crippen molar-refractivity contribution in [2.75, 3.05) is 0 Å². The summed E-state index contributed by atoms with van der Waals surface area (Å²) in [4.78, 5) is -0.110. The van der Waals surface area contributed by atoms with Crippen molar-refractivity contribution >= 4 is 33.3 Å². The van der Waals surface area contributed by atoms with Crippen molar-refractivity contribution in [2.24, 2.45) is 0 Å². The van der Waals surface area contributed by atoms with Crippen molar-refractivity contribution < 1.29 is 13.0 Å². The molecule has 0 atom stereocenters. The lowest BCUT2D eigenvalue weighted by molar-refractivity contribution is 0.482. The first-order valence-corrected chi connectivity index (χ1v) is 7.52. The molecule has 19 heavy (non-hydrogen) atoms. The molecule has 6 heteroatoms. The highest BCUT2D eigenvalue weighted by atomic mass is 35.5. The second-order valence-corrected chi connectivity index (χ2v) is 6.31. The molecule has 100 valence electrons. The smallest absolute Gasteiger partial charge is 0.282 e. The Morgan fingerprint density at radius 1 is 1.05 bits per heavy atom. The molecule has 2 aromatic rings. The van der Waals surface area contributed by atoms with Gasteiger partial charge in [0.05, 0.1) is 4.90 Å². The van der Waals surface area contributed by atoms with E-state index in [1.165, 1.54) is 6.07 Å². The number of aryl methyl sites for hydroxylation is 1. The molecule has 0 fully saturated rings. The Balaban J connectivity index is 2.57. The summed E-state index contributed by atoms with van der Waals surface area (Å²) in [6.07, 6.45) is 0. The molecule has 0 amide bonds. The van der Waals surface area contributed by atoms with Gasteiger partial charge in [0.1, 0.15) is 0 Å². The minimum atomic E-state index is -4.20. The monoisotopic (exact) mass is 316 g/mol. The van der Waals surface area contributed by atoms with Crippen LogP contribution < -0.4 is 0 Å². The minimum absolute atomic E-state index is 0.110. The van der Waals surface area contributed by atoms with E-state index in [1.54, 1.807) is 37.3 Å². The summed E-state index contributed by atoms with van der Waals surface area (Å²) in [5.41, 5.74) is 1.95. The topological polar surface area (TPSA) is 54.4 Å². The Morgan fingerprint density at radius 3 is 2.26 bits per heavy atom. The zero-order chi connectivity index (χ0) is 14.2. The molecule has 2 rings (SSSR count). The standard InChI is InChI=1S/C13H10Cl2O3S/c1-8-6-9(2-5-13(8)19(16,17)18)11-4-3-10(14)7-12(11)15/h2-7H,1H3,(H,16,17,18). The van der Waals surface area contributed by atoms with Gasteiger partial charge in [0.2, 0.25) is 0 Å². The van der Waals surface area contributed by atoms with Crippen LogP contribution in [0, 0.1) is 6.92 Å². The fraction of sp³-hybridized carbons (Fsp3) is 0.0769. The van der Waals surface area contributed by atoms with Crippen molar-refractivity contribution in [3.05, 3.63) is 52.0 Å². The number of rotatable bonds is 2. The molecule has 0 aromatic heterocycles. The summed E-state index contributed by atoms with van der Waals surface area (Å²) in [5.74, 6) is 0. The molecule has 0 radical (unpaired) electrons. The molecule has 0 heterocycles. The molecule has 0 saturated carbocycles. The van der Waals surface area contributed by atoms with E-state index in [2.05, 4.69) is 0 Å². The van der Waals surface area contributed by atoms with Gasteiger partial charge in [-0.2, -0.15) is 8.42 Å². The third-order valence-corrected chi connectivity index (χ3v) is 4.26. The molecule has 0 unspecified atom stereocenters. The second-order valence-electron chi connectivity index (χ2n) is 4.08. The minimum Gasteiger partial charge on any atom is -0.282 e. The van der Waals surface area contributed by atoms with Crippen molar-refractivity contribution in [3.63, 3.8) is 0 Å². The fourth-order valence-electron chi connectivity index (χ4n) is 1.83. The van der Waals surface area contributed by atoms with Gasteiger partial charge in [-0.25, -0.2) is 0 Å². The highest BCUT2D eigenvalue weighted by Gasteiger charge is 2.14. The first-order chi connectivity index (χ1) is 8.79. The largest absolute Gasteiger partial charge is 0.294 e. The number of hydrogen-bond acceptors (Lipinski definition) is 2. The Labute approximate surface area is 121 Å². The van der Waals surface area contributed by atoms with Gasteiger partial charge in [-0.3, -0.25) is 4.55 Å². The Bertz CT molecular complexity index is 740. The molecule has 1 N–H and O–H groups in total. The summed E-state index contributed by atoms with van der Waals surface area (Å²) in [6.45, 7) is 1.61. The van der Waals surface area contributed by atoms with Gasteiger partial charge >= 0.3 is 0 Å². The van der Waals surface area contributed by atoms with Crippen LogP contribution in [0.2, 0.25) is 10.0 Å². The third kappa shape index (κ3) is 3.09. The predicted octanol–water partition coefficient (Wildman–Crippen LogP) is 4.22. The molecule has 0 spiro atoms. The van der Waals surface area contributed by atoms with E-state index in [4.69, 9.17) is 27.8 Å². The highest BCUT2D eigenvalue weighted by molar-refractivity contribution is 7.85. The SMILES string of the molecule is Cc1cc(-c2ccc(Cl)cc2Cl)ccc1S(=O)(=O)O. The summed E-state index contributed by atoms with van der Waals surface area (Å²) in [5, 5.41) is 1.01. The van der Waals surface area contributed by atoms with Crippen molar-refractivity contribution in [1.29, 1.82) is 0 Å². The maximum Gasteiger partial charge on any atom is 0.294 e. The first-order valence-electron chi connectivity index (χ1n) is 5.32. The van der Waals surface area contributed by atoms with Crippen molar-refractivity contribution in [1.82, 2.24) is 0 Å². The average molecular weight is 317 g/mol. The number of halogens is 2. The van der Waals surface area contributed by atoms with Crippen molar-refractivity contribution in [3.8, 4) is 11.1 Å². The molecule has 2 aromatic carbocycles. The Kier molecular flexibility index (Phi) is 3.87. The van der Waals surface area contributed by atoms with Crippen LogP contribution in [0.25, 0.3) is 11.1 Å². The van der Waals surface area contributed by atoms with E-state index in [0.29, 0.717) is 15.6 Å². The first kappa shape index (κ1) is 14.3. The van der Waals surface area contributed by atoms with Gasteiger partial charge in [0.25, 0.3) is 10.1 Å². The molecule has 0 saturated heterocycles. The van der Waals surface area contributed by atoms with Crippen LogP contribution >= 0.6 is 23.2 Å². The third-order valence-electron chi connectivity index (χ3n) is 2.69. The number of benzene rings is 2. The van der Waals surface area contributed by atoms with Crippen LogP contribution in [-0.2, 0) is 10.1 Å². The van der Waals surface area contributed by atoms with Crippen LogP contribution in [0.5, 0.6) is 0 Å². The van der Waals surface area contributed by atoms with Gasteiger partial charge < -0.3 is 0 Å². The zero-order valence-electron chi connectivity index (χ0n) is 9.89. The van der Waals surface area contributed by atoms with E-state index in [9.17, 15) is 8.42 Å². The van der Waals surface area contributed by atoms with E-state index >= 15 is 0 Å². The molecular formula is C13H10Cl2O3S. The van der Waals surface area contributed by atoms with Gasteiger partial charge in [-0.15, -0.1) is 0 Å². The van der Waals surface area contributed by atoms with Crippen LogP contribution in [0.4, 0.5) is 0 Å². The highest BCUT2D eigenvalue weighted by Crippen LogP contribution is 2.32. The second kappa shape index (κ2) is 5.13. The van der Waals surface area contributed by atoms with Crippen LogP contribution in [0.3, 0.4) is 0 Å². The number of hydrogen-bond donors (Lipinski definition) is 1. The Hall–Kier alpha value is -1.07. The summed E-state index contributed by atoms with van der Waals surface area (Å²) >= 11 is 11.9. The molecule has 0 bridgehead atoms. The van der Waals surface area contributed by atoms with E-state index in [1.807, 2.05) is 0 Å². The summed E-state index contributed by atoms with van der Waals surface area (Å²) in [7, 11) is -4.20. The Morgan fingerprint density at radius 2 is 1.74 bits per heavy atom. The van der Waals surface area contributed by atoms with Gasteiger partial charge in [0, 0.05) is 15.6 Å². The van der Waals surface area contributed by atoms with Crippen LogP contribution in [0.1, 0.15) is 5.56 Å². The maximum atomic E-state index is 11.1. The van der Waals surface area contributed by atoms with Crippen LogP contribution in [0.15, 0.2) is 41.3 Å². The molecule has 0 aliphatic heterocycles. The maximum absolute atomic E-state index is 11.1. The van der Waals surface area contributed by atoms with Gasteiger partial charge in [-0.05, 0) is 42.3 Å². The quantitative estimate of drug-likeness (QED) is 0.844. The van der Waals surface area contributed by atoms with E-state index in [-0.39, 0.29) is 4.90 Å². The average Bonchev–Trinajstić information content (AvgIpc) is 2.26. The normalized spacial score (nSPS) is 11.6. The van der Waals surface area contributed by atoms with E-state index in [0.717, 1.165) is 11.1 Å².